The topological polar surface area (TPSA) is 186 Å². The van der Waals surface area contributed by atoms with Crippen molar-refractivity contribution in [2.24, 2.45) is 29.6 Å². The second kappa shape index (κ2) is 27.8. The molecule has 5 N–H and O–H groups in total. The summed E-state index contributed by atoms with van der Waals surface area (Å²) in [5.74, 6) is 10.4. The lowest BCUT2D eigenvalue weighted by Crippen LogP contribution is -2.25. The largest absolute Gasteiger partial charge is 0.391 e. The molecule has 0 aliphatic heterocycles. The second-order valence-electron chi connectivity index (χ2n) is 21.3. The predicted octanol–water partition coefficient (Wildman–Crippen LogP) is 8.67. The van der Waals surface area contributed by atoms with Crippen molar-refractivity contribution in [1.29, 1.82) is 0 Å². The highest BCUT2D eigenvalue weighted by molar-refractivity contribution is 6.05. The van der Waals surface area contributed by atoms with Crippen LogP contribution in [0.5, 0.6) is 0 Å². The smallest absolute Gasteiger partial charge is 0.169 e. The van der Waals surface area contributed by atoms with Crippen molar-refractivity contribution in [3.8, 4) is 61.7 Å². The number of benzene rings is 5. The molecule has 0 fully saturated rings. The summed E-state index contributed by atoms with van der Waals surface area (Å²) < 4.78 is 0. The van der Waals surface area contributed by atoms with Crippen LogP contribution in [0.15, 0.2) is 91.0 Å². The van der Waals surface area contributed by atoms with Gasteiger partial charge in [-0.1, -0.05) is 91.0 Å². The van der Waals surface area contributed by atoms with Gasteiger partial charge in [-0.3, -0.25) is 24.0 Å². The third-order valence-corrected chi connectivity index (χ3v) is 16.1. The van der Waals surface area contributed by atoms with Gasteiger partial charge < -0.3 is 25.5 Å². The van der Waals surface area contributed by atoms with Crippen LogP contribution in [-0.4, -0.2) is 85.0 Å². The summed E-state index contributed by atoms with van der Waals surface area (Å²) in [4.78, 5) is 60.2. The maximum atomic E-state index is 12.0. The van der Waals surface area contributed by atoms with Gasteiger partial charge in [-0.05, 0) is 122 Å². The van der Waals surface area contributed by atoms with Crippen LogP contribution in [0.25, 0.3) is 0 Å². The first-order chi connectivity index (χ1) is 38.2. The van der Waals surface area contributed by atoms with Gasteiger partial charge in [-0.25, -0.2) is 0 Å². The number of aliphatic hydroxyl groups excluding tert-OH is 5. The van der Waals surface area contributed by atoms with Gasteiger partial charge >= 0.3 is 0 Å². The molecule has 0 spiro atoms. The van der Waals surface area contributed by atoms with E-state index in [4.69, 9.17) is 32.1 Å². The summed E-state index contributed by atoms with van der Waals surface area (Å²) in [6.45, 7) is 9.94. The van der Waals surface area contributed by atoms with Gasteiger partial charge in [0.25, 0.3) is 0 Å². The molecule has 10 heteroatoms. The Labute approximate surface area is 471 Å². The van der Waals surface area contributed by atoms with Gasteiger partial charge in [-0.2, -0.15) is 0 Å². The number of carbonyl (C=O) groups excluding carboxylic acids is 5. The summed E-state index contributed by atoms with van der Waals surface area (Å²) in [7, 11) is 0. The second-order valence-corrected chi connectivity index (χ2v) is 21.3. The van der Waals surface area contributed by atoms with Crippen LogP contribution >= 0.6 is 0 Å². The Hall–Kier alpha value is -7.95. The van der Waals surface area contributed by atoms with Crippen LogP contribution in [0.4, 0.5) is 0 Å². The zero-order valence-electron chi connectivity index (χ0n) is 46.2. The van der Waals surface area contributed by atoms with E-state index >= 15 is 0 Å². The minimum absolute atomic E-state index is 0.0291. The number of fused-ring (bicyclic) bond motifs is 5. The van der Waals surface area contributed by atoms with Crippen LogP contribution < -0.4 is 0 Å². The molecule has 10 rings (SSSR count). The first-order valence-electron chi connectivity index (χ1n) is 27.0. The molecule has 0 heterocycles. The van der Waals surface area contributed by atoms with E-state index in [9.17, 15) is 49.5 Å². The molecule has 410 valence electrons. The summed E-state index contributed by atoms with van der Waals surface area (Å²) in [6.07, 6.45) is 26.5. The Morgan fingerprint density at radius 1 is 0.325 bits per heavy atom. The van der Waals surface area contributed by atoms with E-state index < -0.39 is 30.5 Å². The van der Waals surface area contributed by atoms with Crippen molar-refractivity contribution in [2.45, 2.75) is 129 Å². The van der Waals surface area contributed by atoms with E-state index in [1.165, 1.54) is 0 Å². The molecule has 5 aromatic rings. The molecule has 5 aliphatic carbocycles. The zero-order chi connectivity index (χ0) is 58.5. The molecular formula is C70H70O10. The fourth-order valence-corrected chi connectivity index (χ4v) is 11.5. The first-order valence-corrected chi connectivity index (χ1v) is 27.0. The van der Waals surface area contributed by atoms with E-state index in [-0.39, 0.29) is 90.6 Å². The van der Waals surface area contributed by atoms with Gasteiger partial charge in [0, 0.05) is 59.9 Å². The van der Waals surface area contributed by atoms with E-state index in [1.54, 1.807) is 0 Å². The Morgan fingerprint density at radius 3 is 0.600 bits per heavy atom. The number of hydrogen-bond acceptors (Lipinski definition) is 10. The van der Waals surface area contributed by atoms with Crippen molar-refractivity contribution in [3.63, 3.8) is 0 Å². The highest BCUT2D eigenvalue weighted by atomic mass is 16.3. The molecule has 0 amide bonds. The van der Waals surface area contributed by atoms with E-state index in [2.05, 4.69) is 29.6 Å². The van der Waals surface area contributed by atoms with Crippen LogP contribution in [0.1, 0.15) is 140 Å². The SMILES string of the molecule is C#CCC(O)C1Cc2c(C)cccc2C1=O.C#CCC(O)C1Cc2c(C)cccc2C1=O.C#CCC(O)C1Cc2c(C)cccc2C1=O.C#CCC(O)C1Cc2c(C)cccc2C1=O.C#CCC(O)C1Cc2c(C)cccc2C1=O. The van der Waals surface area contributed by atoms with Crippen molar-refractivity contribution in [3.05, 3.63) is 174 Å². The van der Waals surface area contributed by atoms with Crippen LogP contribution in [0.2, 0.25) is 0 Å². The molecule has 0 radical (unpaired) electrons. The summed E-state index contributed by atoms with van der Waals surface area (Å²) in [5.41, 5.74) is 14.6. The third-order valence-electron chi connectivity index (χ3n) is 16.1. The minimum atomic E-state index is -0.718. The highest BCUT2D eigenvalue weighted by Crippen LogP contribution is 2.36. The highest BCUT2D eigenvalue weighted by Gasteiger charge is 2.40. The Kier molecular flexibility index (Phi) is 21.3. The molecular weight excluding hydrogens is 1000 g/mol. The van der Waals surface area contributed by atoms with Gasteiger partial charge in [0.05, 0.1) is 60.1 Å². The number of ketones is 5. The molecule has 0 saturated heterocycles. The predicted molar refractivity (Wildman–Crippen MR) is 311 cm³/mol. The van der Waals surface area contributed by atoms with E-state index in [1.807, 2.05) is 126 Å². The maximum Gasteiger partial charge on any atom is 0.169 e. The quantitative estimate of drug-likeness (QED) is 0.0848. The van der Waals surface area contributed by atoms with Crippen molar-refractivity contribution in [1.82, 2.24) is 0 Å². The molecule has 5 aliphatic rings. The lowest BCUT2D eigenvalue weighted by molar-refractivity contribution is 0.0715. The van der Waals surface area contributed by atoms with Crippen LogP contribution in [-0.2, 0) is 32.1 Å². The number of aliphatic hydroxyl groups is 5. The monoisotopic (exact) mass is 1070 g/mol. The van der Waals surface area contributed by atoms with Gasteiger partial charge in [0.2, 0.25) is 0 Å². The van der Waals surface area contributed by atoms with Crippen molar-refractivity contribution >= 4 is 28.9 Å². The fraction of sp³-hybridized carbons (Fsp3) is 0.357. The Bertz CT molecular complexity index is 2860. The molecule has 5 aromatic carbocycles. The summed E-state index contributed by atoms with van der Waals surface area (Å²) in [5, 5.41) is 49.1. The molecule has 0 bridgehead atoms. The lowest BCUT2D eigenvalue weighted by Gasteiger charge is -2.13. The molecule has 10 unspecified atom stereocenters. The Balaban J connectivity index is 0.000000161. The summed E-state index contributed by atoms with van der Waals surface area (Å²) in [6, 6.07) is 28.5. The number of terminal acetylenes is 5. The van der Waals surface area contributed by atoms with Crippen molar-refractivity contribution in [2.75, 3.05) is 0 Å². The first kappa shape index (κ1) is 61.3. The van der Waals surface area contributed by atoms with E-state index in [0.29, 0.717) is 32.1 Å². The third kappa shape index (κ3) is 13.5. The van der Waals surface area contributed by atoms with Gasteiger partial charge in [0.1, 0.15) is 0 Å². The number of hydrogen-bond donors (Lipinski definition) is 5. The minimum Gasteiger partial charge on any atom is -0.391 e. The number of rotatable bonds is 10. The molecule has 10 nitrogen and oxygen atoms in total. The summed E-state index contributed by atoms with van der Waals surface area (Å²) >= 11 is 0. The van der Waals surface area contributed by atoms with Crippen molar-refractivity contribution < 1.29 is 49.5 Å². The van der Waals surface area contributed by atoms with Crippen LogP contribution in [0.3, 0.4) is 0 Å². The number of carbonyl (C=O) groups is 5. The fourth-order valence-electron chi connectivity index (χ4n) is 11.5. The standard InChI is InChI=1S/5C14H14O2/c5*1-3-5-13(15)12-8-11-9(2)6-4-7-10(11)14(12)16/h5*1,4,6-7,12-13,15H,5,8H2,2H3. The zero-order valence-corrected chi connectivity index (χ0v) is 46.2. The van der Waals surface area contributed by atoms with Crippen LogP contribution in [0, 0.1) is 126 Å². The normalized spacial score (nSPS) is 20.3. The average molecular weight is 1070 g/mol. The molecule has 80 heavy (non-hydrogen) atoms. The average Bonchev–Trinajstić information content (AvgIpc) is 4.25. The number of Topliss-reactive ketones (excluding diaryl/α,β-unsaturated/α-hetero) is 5. The number of aryl methyl sites for hydroxylation is 5. The maximum absolute atomic E-state index is 12.0. The molecule has 0 aromatic heterocycles. The Morgan fingerprint density at radius 2 is 0.475 bits per heavy atom. The lowest BCUT2D eigenvalue weighted by atomic mass is 9.96. The van der Waals surface area contributed by atoms with Gasteiger partial charge in [0.15, 0.2) is 28.9 Å². The van der Waals surface area contributed by atoms with E-state index in [0.717, 1.165) is 83.5 Å². The van der Waals surface area contributed by atoms with Gasteiger partial charge in [-0.15, -0.1) is 61.7 Å². The molecule has 10 atom stereocenters. The molecule has 0 saturated carbocycles.